The fraction of sp³-hybridized carbons (Fsp3) is 0.263. The topological polar surface area (TPSA) is 132 Å². The van der Waals surface area contributed by atoms with E-state index in [1.807, 2.05) is 0 Å². The lowest BCUT2D eigenvalue weighted by Gasteiger charge is -2.30. The molecule has 0 fully saturated rings. The first-order valence-corrected chi connectivity index (χ1v) is 11.8. The van der Waals surface area contributed by atoms with Crippen LogP contribution in [0.2, 0.25) is 0 Å². The SMILES string of the molecule is CC[C@@H](C(=O)Nc1ccc2c(c1)sc(=O)n2C)N(c1cccc([N+](=O)[O-])c1)S(C)(=O)=O. The number of nitrogens with zero attached hydrogens (tertiary/aromatic N) is 3. The van der Waals surface area contributed by atoms with Crippen molar-refractivity contribution >= 4 is 54.5 Å². The summed E-state index contributed by atoms with van der Waals surface area (Å²) in [6.07, 6.45) is 1.07. The number of aromatic nitrogens is 1. The number of nitro benzene ring substituents is 1. The zero-order chi connectivity index (χ0) is 22.9. The van der Waals surface area contributed by atoms with Gasteiger partial charge in [0.05, 0.1) is 27.1 Å². The van der Waals surface area contributed by atoms with Gasteiger partial charge in [-0.15, -0.1) is 0 Å². The van der Waals surface area contributed by atoms with E-state index in [2.05, 4.69) is 5.32 Å². The first-order chi connectivity index (χ1) is 14.5. The summed E-state index contributed by atoms with van der Waals surface area (Å²) >= 11 is 1.03. The van der Waals surface area contributed by atoms with Crippen LogP contribution in [0.4, 0.5) is 17.1 Å². The number of carbonyl (C=O) groups is 1. The molecule has 10 nitrogen and oxygen atoms in total. The van der Waals surface area contributed by atoms with Crippen LogP contribution in [0.15, 0.2) is 47.3 Å². The number of benzene rings is 2. The molecule has 1 aromatic heterocycles. The number of anilines is 2. The minimum Gasteiger partial charge on any atom is -0.324 e. The summed E-state index contributed by atoms with van der Waals surface area (Å²) in [5, 5.41) is 13.8. The highest BCUT2D eigenvalue weighted by molar-refractivity contribution is 7.92. The highest BCUT2D eigenvalue weighted by Crippen LogP contribution is 2.27. The largest absolute Gasteiger partial charge is 0.324 e. The maximum absolute atomic E-state index is 13.0. The van der Waals surface area contributed by atoms with Crippen LogP contribution in [0.1, 0.15) is 13.3 Å². The van der Waals surface area contributed by atoms with Gasteiger partial charge in [-0.25, -0.2) is 8.42 Å². The third-order valence-corrected chi connectivity index (χ3v) is 6.86. The van der Waals surface area contributed by atoms with Gasteiger partial charge in [0.1, 0.15) is 6.04 Å². The van der Waals surface area contributed by atoms with Crippen molar-refractivity contribution < 1.29 is 18.1 Å². The standard InChI is InChI=1S/C19H20N4O6S2/c1-4-15(22(31(3,28)29)13-6-5-7-14(11-13)23(26)27)18(24)20-12-8-9-16-17(10-12)30-19(25)21(16)2/h5-11,15H,4H2,1-3H3,(H,20,24)/t15-/m0/s1. The Hall–Kier alpha value is -3.25. The second-order valence-corrected chi connectivity index (χ2v) is 9.71. The molecule has 0 aliphatic carbocycles. The first-order valence-electron chi connectivity index (χ1n) is 9.17. The number of rotatable bonds is 7. The van der Waals surface area contributed by atoms with E-state index in [0.717, 1.165) is 33.5 Å². The maximum atomic E-state index is 13.0. The van der Waals surface area contributed by atoms with Gasteiger partial charge in [-0.1, -0.05) is 24.3 Å². The zero-order valence-corrected chi connectivity index (χ0v) is 18.6. The molecule has 3 aromatic rings. The van der Waals surface area contributed by atoms with E-state index in [4.69, 9.17) is 0 Å². The van der Waals surface area contributed by atoms with E-state index in [-0.39, 0.29) is 22.7 Å². The van der Waals surface area contributed by atoms with Crippen LogP contribution in [0, 0.1) is 10.1 Å². The van der Waals surface area contributed by atoms with Crippen LogP contribution in [-0.4, -0.2) is 36.1 Å². The van der Waals surface area contributed by atoms with Crippen LogP contribution in [0.5, 0.6) is 0 Å². The summed E-state index contributed by atoms with van der Waals surface area (Å²) in [6.45, 7) is 1.64. The molecule has 0 unspecified atom stereocenters. The van der Waals surface area contributed by atoms with Gasteiger partial charge in [0.15, 0.2) is 0 Å². The average Bonchev–Trinajstić information content (AvgIpc) is 2.98. The van der Waals surface area contributed by atoms with Gasteiger partial charge in [-0.3, -0.25) is 24.0 Å². The number of nitrogens with one attached hydrogen (secondary N) is 1. The normalized spacial score (nSPS) is 12.5. The number of hydrogen-bond donors (Lipinski definition) is 1. The molecule has 0 saturated carbocycles. The molecule has 1 heterocycles. The predicted molar refractivity (Wildman–Crippen MR) is 120 cm³/mol. The lowest BCUT2D eigenvalue weighted by atomic mass is 10.1. The van der Waals surface area contributed by atoms with Crippen LogP contribution in [-0.2, 0) is 21.9 Å². The highest BCUT2D eigenvalue weighted by Gasteiger charge is 2.32. The Morgan fingerprint density at radius 2 is 2.00 bits per heavy atom. The lowest BCUT2D eigenvalue weighted by molar-refractivity contribution is -0.384. The summed E-state index contributed by atoms with van der Waals surface area (Å²) in [5.41, 5.74) is 0.862. The molecule has 0 saturated heterocycles. The third-order valence-electron chi connectivity index (χ3n) is 4.68. The summed E-state index contributed by atoms with van der Waals surface area (Å²) in [6, 6.07) is 8.94. The van der Waals surface area contributed by atoms with Crippen molar-refractivity contribution in [2.75, 3.05) is 15.9 Å². The highest BCUT2D eigenvalue weighted by atomic mass is 32.2. The summed E-state index contributed by atoms with van der Waals surface area (Å²) in [5.74, 6) is -0.595. The fourth-order valence-electron chi connectivity index (χ4n) is 3.24. The molecule has 0 radical (unpaired) electrons. The van der Waals surface area contributed by atoms with E-state index in [1.165, 1.54) is 22.8 Å². The van der Waals surface area contributed by atoms with E-state index in [0.29, 0.717) is 10.4 Å². The molecule has 1 atom stereocenters. The summed E-state index contributed by atoms with van der Waals surface area (Å²) < 4.78 is 28.1. The molecule has 1 amide bonds. The molecule has 0 aliphatic rings. The third kappa shape index (κ3) is 4.59. The number of thiazole rings is 1. The fourth-order valence-corrected chi connectivity index (χ4v) is 5.36. The number of carbonyl (C=O) groups excluding carboxylic acids is 1. The van der Waals surface area contributed by atoms with Crippen LogP contribution in [0.25, 0.3) is 10.2 Å². The number of amides is 1. The van der Waals surface area contributed by atoms with E-state index in [1.54, 1.807) is 32.2 Å². The molecular weight excluding hydrogens is 444 g/mol. The summed E-state index contributed by atoms with van der Waals surface area (Å²) in [4.78, 5) is 35.2. The molecular formula is C19H20N4O6S2. The Bertz CT molecular complexity index is 1330. The number of aryl methyl sites for hydroxylation is 1. The Balaban J connectivity index is 1.97. The molecule has 0 aliphatic heterocycles. The molecule has 3 rings (SSSR count). The van der Waals surface area contributed by atoms with E-state index in [9.17, 15) is 28.1 Å². The average molecular weight is 465 g/mol. The second kappa shape index (κ2) is 8.47. The molecule has 1 N–H and O–H groups in total. The van der Waals surface area contributed by atoms with Crippen molar-refractivity contribution in [3.8, 4) is 0 Å². The smallest absolute Gasteiger partial charge is 0.307 e. The Labute approximate surface area is 181 Å². The molecule has 0 spiro atoms. The van der Waals surface area contributed by atoms with Crippen molar-refractivity contribution in [3.05, 3.63) is 62.2 Å². The van der Waals surface area contributed by atoms with Crippen LogP contribution < -0.4 is 14.5 Å². The van der Waals surface area contributed by atoms with Gasteiger partial charge in [0.25, 0.3) is 5.69 Å². The number of non-ortho nitro benzene ring substituents is 1. The van der Waals surface area contributed by atoms with Crippen molar-refractivity contribution in [3.63, 3.8) is 0 Å². The lowest BCUT2D eigenvalue weighted by Crippen LogP contribution is -2.47. The first kappa shape index (κ1) is 22.4. The van der Waals surface area contributed by atoms with Crippen LogP contribution in [0.3, 0.4) is 0 Å². The van der Waals surface area contributed by atoms with Crippen molar-refractivity contribution in [2.24, 2.45) is 7.05 Å². The molecule has 31 heavy (non-hydrogen) atoms. The maximum Gasteiger partial charge on any atom is 0.307 e. The van der Waals surface area contributed by atoms with Crippen molar-refractivity contribution in [1.82, 2.24) is 4.57 Å². The number of hydrogen-bond acceptors (Lipinski definition) is 7. The number of fused-ring (bicyclic) bond motifs is 1. The predicted octanol–water partition coefficient (Wildman–Crippen LogP) is 2.69. The minimum absolute atomic E-state index is 0.0235. The van der Waals surface area contributed by atoms with Crippen molar-refractivity contribution in [1.29, 1.82) is 0 Å². The zero-order valence-electron chi connectivity index (χ0n) is 16.9. The molecule has 12 heteroatoms. The van der Waals surface area contributed by atoms with Gasteiger partial charge in [-0.2, -0.15) is 0 Å². The van der Waals surface area contributed by atoms with E-state index >= 15 is 0 Å². The summed E-state index contributed by atoms with van der Waals surface area (Å²) in [7, 11) is -2.29. The Morgan fingerprint density at radius 3 is 2.61 bits per heavy atom. The van der Waals surface area contributed by atoms with Gasteiger partial charge in [0, 0.05) is 24.9 Å². The molecule has 2 aromatic carbocycles. The van der Waals surface area contributed by atoms with E-state index < -0.39 is 26.9 Å². The number of nitro groups is 1. The molecule has 164 valence electrons. The quantitative estimate of drug-likeness (QED) is 0.422. The molecule has 0 bridgehead atoms. The minimum atomic E-state index is -3.94. The van der Waals surface area contributed by atoms with Gasteiger partial charge < -0.3 is 9.88 Å². The Kier molecular flexibility index (Phi) is 6.13. The Morgan fingerprint density at radius 1 is 1.29 bits per heavy atom. The monoisotopic (exact) mass is 464 g/mol. The second-order valence-electron chi connectivity index (χ2n) is 6.86. The van der Waals surface area contributed by atoms with Gasteiger partial charge >= 0.3 is 4.87 Å². The van der Waals surface area contributed by atoms with Crippen molar-refractivity contribution in [2.45, 2.75) is 19.4 Å². The van der Waals surface area contributed by atoms with Crippen LogP contribution >= 0.6 is 11.3 Å². The number of sulfonamides is 1. The van der Waals surface area contributed by atoms with Gasteiger partial charge in [-0.05, 0) is 30.7 Å². The van der Waals surface area contributed by atoms with Gasteiger partial charge in [0.2, 0.25) is 15.9 Å².